The summed E-state index contributed by atoms with van der Waals surface area (Å²) < 4.78 is 4.51. The molecular formula is C12H14ClN3O4S. The van der Waals surface area contributed by atoms with E-state index >= 15 is 0 Å². The van der Waals surface area contributed by atoms with Crippen molar-refractivity contribution in [3.8, 4) is 0 Å². The van der Waals surface area contributed by atoms with Crippen LogP contribution in [0.4, 0.5) is 11.4 Å². The van der Waals surface area contributed by atoms with Gasteiger partial charge in [0.05, 0.1) is 22.7 Å². The number of thiocarbonyl (C=S) groups is 1. The largest absolute Gasteiger partial charge is 0.469 e. The first-order valence-electron chi connectivity index (χ1n) is 5.99. The van der Waals surface area contributed by atoms with Gasteiger partial charge in [0, 0.05) is 25.1 Å². The number of carbonyl (C=O) groups excluding carboxylic acids is 1. The molecule has 114 valence electrons. The summed E-state index contributed by atoms with van der Waals surface area (Å²) in [5, 5.41) is 16.9. The monoisotopic (exact) mass is 331 g/mol. The van der Waals surface area contributed by atoms with Gasteiger partial charge in [0.2, 0.25) is 0 Å². The van der Waals surface area contributed by atoms with Crippen LogP contribution >= 0.6 is 23.8 Å². The molecule has 0 heterocycles. The SMILES string of the molecule is COC(=O)CCCNC(=S)Nc1cc([N+](=O)[O-])ccc1Cl. The summed E-state index contributed by atoms with van der Waals surface area (Å²) in [6.45, 7) is 0.466. The fourth-order valence-corrected chi connectivity index (χ4v) is 1.80. The number of ether oxygens (including phenoxy) is 1. The van der Waals surface area contributed by atoms with E-state index in [1.165, 1.54) is 25.3 Å². The Bertz CT molecular complexity index is 553. The first-order valence-corrected chi connectivity index (χ1v) is 6.78. The van der Waals surface area contributed by atoms with E-state index in [4.69, 9.17) is 23.8 Å². The highest BCUT2D eigenvalue weighted by Crippen LogP contribution is 2.26. The van der Waals surface area contributed by atoms with Crippen molar-refractivity contribution in [1.29, 1.82) is 0 Å². The molecule has 0 fully saturated rings. The van der Waals surface area contributed by atoms with Gasteiger partial charge in [-0.1, -0.05) is 11.6 Å². The van der Waals surface area contributed by atoms with Crippen LogP contribution < -0.4 is 10.6 Å². The molecule has 0 aliphatic carbocycles. The molecule has 7 nitrogen and oxygen atoms in total. The molecule has 0 spiro atoms. The van der Waals surface area contributed by atoms with Gasteiger partial charge in [0.1, 0.15) is 0 Å². The van der Waals surface area contributed by atoms with E-state index < -0.39 is 4.92 Å². The molecule has 1 aromatic carbocycles. The first kappa shape index (κ1) is 17.1. The lowest BCUT2D eigenvalue weighted by Gasteiger charge is -2.11. The van der Waals surface area contributed by atoms with Crippen molar-refractivity contribution in [1.82, 2.24) is 5.32 Å². The van der Waals surface area contributed by atoms with Crippen molar-refractivity contribution in [2.75, 3.05) is 19.0 Å². The molecule has 0 radical (unpaired) electrons. The number of non-ortho nitro benzene ring substituents is 1. The van der Waals surface area contributed by atoms with E-state index in [-0.39, 0.29) is 23.2 Å². The third-order valence-electron chi connectivity index (χ3n) is 2.48. The van der Waals surface area contributed by atoms with Gasteiger partial charge in [-0.3, -0.25) is 14.9 Å². The predicted octanol–water partition coefficient (Wildman–Crippen LogP) is 2.49. The van der Waals surface area contributed by atoms with Gasteiger partial charge in [0.15, 0.2) is 5.11 Å². The highest BCUT2D eigenvalue weighted by molar-refractivity contribution is 7.80. The Balaban J connectivity index is 2.49. The summed E-state index contributed by atoms with van der Waals surface area (Å²) in [4.78, 5) is 21.1. The third-order valence-corrected chi connectivity index (χ3v) is 3.06. The van der Waals surface area contributed by atoms with Crippen molar-refractivity contribution in [2.24, 2.45) is 0 Å². The average Bonchev–Trinajstić information content (AvgIpc) is 2.45. The van der Waals surface area contributed by atoms with Gasteiger partial charge in [-0.2, -0.15) is 0 Å². The number of nitrogens with zero attached hydrogens (tertiary/aromatic N) is 1. The minimum Gasteiger partial charge on any atom is -0.469 e. The van der Waals surface area contributed by atoms with E-state index in [1.807, 2.05) is 0 Å². The fraction of sp³-hybridized carbons (Fsp3) is 0.333. The molecule has 21 heavy (non-hydrogen) atoms. The second kappa shape index (κ2) is 8.38. The highest BCUT2D eigenvalue weighted by Gasteiger charge is 2.10. The van der Waals surface area contributed by atoms with Gasteiger partial charge in [-0.05, 0) is 24.7 Å². The molecule has 0 aliphatic rings. The van der Waals surface area contributed by atoms with E-state index in [9.17, 15) is 14.9 Å². The number of nitro benzene ring substituents is 1. The zero-order valence-corrected chi connectivity index (χ0v) is 12.8. The van der Waals surface area contributed by atoms with E-state index in [2.05, 4.69) is 15.4 Å². The lowest BCUT2D eigenvalue weighted by molar-refractivity contribution is -0.384. The molecule has 1 aromatic rings. The Morgan fingerprint density at radius 3 is 2.86 bits per heavy atom. The summed E-state index contributed by atoms with van der Waals surface area (Å²) in [6.07, 6.45) is 0.834. The fourth-order valence-electron chi connectivity index (χ4n) is 1.43. The maximum atomic E-state index is 10.9. The molecule has 2 N–H and O–H groups in total. The summed E-state index contributed by atoms with van der Waals surface area (Å²) in [6, 6.07) is 4.02. The molecular weight excluding hydrogens is 318 g/mol. The number of hydrogen-bond acceptors (Lipinski definition) is 5. The molecule has 0 saturated carbocycles. The lowest BCUT2D eigenvalue weighted by atomic mass is 10.3. The number of nitro groups is 1. The Kier molecular flexibility index (Phi) is 6.83. The van der Waals surface area contributed by atoms with E-state index in [0.717, 1.165) is 0 Å². The standard InChI is InChI=1S/C12H14ClN3O4S/c1-20-11(17)3-2-6-14-12(21)15-10-7-8(16(18)19)4-5-9(10)13/h4-5,7H,2-3,6H2,1H3,(H2,14,15,21). The number of hydrogen-bond donors (Lipinski definition) is 2. The van der Waals surface area contributed by atoms with Crippen molar-refractivity contribution in [2.45, 2.75) is 12.8 Å². The minimum absolute atomic E-state index is 0.0876. The number of benzene rings is 1. The second-order valence-corrected chi connectivity index (χ2v) is 4.80. The number of halogens is 1. The Morgan fingerprint density at radius 2 is 2.24 bits per heavy atom. The summed E-state index contributed by atoms with van der Waals surface area (Å²) in [7, 11) is 1.33. The van der Waals surface area contributed by atoms with Crippen molar-refractivity contribution < 1.29 is 14.5 Å². The second-order valence-electron chi connectivity index (χ2n) is 3.98. The van der Waals surface area contributed by atoms with E-state index in [0.29, 0.717) is 23.7 Å². The van der Waals surface area contributed by atoms with Crippen LogP contribution in [0.2, 0.25) is 5.02 Å². The van der Waals surface area contributed by atoms with Crippen LogP contribution in [-0.2, 0) is 9.53 Å². The summed E-state index contributed by atoms with van der Waals surface area (Å²) >= 11 is 11.0. The first-order chi connectivity index (χ1) is 9.93. The topological polar surface area (TPSA) is 93.5 Å². The van der Waals surface area contributed by atoms with Crippen LogP contribution in [0.1, 0.15) is 12.8 Å². The Morgan fingerprint density at radius 1 is 1.52 bits per heavy atom. The zero-order valence-electron chi connectivity index (χ0n) is 11.2. The number of rotatable bonds is 6. The van der Waals surface area contributed by atoms with Gasteiger partial charge in [0.25, 0.3) is 5.69 Å². The van der Waals surface area contributed by atoms with Crippen LogP contribution in [0.5, 0.6) is 0 Å². The van der Waals surface area contributed by atoms with Gasteiger partial charge in [-0.25, -0.2) is 0 Å². The molecule has 0 amide bonds. The summed E-state index contributed by atoms with van der Waals surface area (Å²) in [5.41, 5.74) is 0.256. The number of carbonyl (C=O) groups is 1. The maximum absolute atomic E-state index is 10.9. The van der Waals surface area contributed by atoms with Crippen molar-refractivity contribution in [3.63, 3.8) is 0 Å². The molecule has 0 bridgehead atoms. The van der Waals surface area contributed by atoms with Crippen LogP contribution in [0.15, 0.2) is 18.2 Å². The molecule has 9 heteroatoms. The average molecular weight is 332 g/mol. The van der Waals surface area contributed by atoms with Gasteiger partial charge >= 0.3 is 5.97 Å². The highest BCUT2D eigenvalue weighted by atomic mass is 35.5. The molecule has 0 saturated heterocycles. The summed E-state index contributed by atoms with van der Waals surface area (Å²) in [5.74, 6) is -0.294. The lowest BCUT2D eigenvalue weighted by Crippen LogP contribution is -2.29. The van der Waals surface area contributed by atoms with Crippen molar-refractivity contribution in [3.05, 3.63) is 33.3 Å². The van der Waals surface area contributed by atoms with Crippen molar-refractivity contribution >= 4 is 46.3 Å². The molecule has 0 aromatic heterocycles. The molecule has 0 atom stereocenters. The van der Waals surface area contributed by atoms with Crippen LogP contribution in [0.3, 0.4) is 0 Å². The number of anilines is 1. The third kappa shape index (κ3) is 5.92. The Labute approximate surface area is 131 Å². The van der Waals surface area contributed by atoms with Gasteiger partial charge in [-0.15, -0.1) is 0 Å². The quantitative estimate of drug-likeness (QED) is 0.272. The molecule has 1 rings (SSSR count). The van der Waals surface area contributed by atoms with Gasteiger partial charge < -0.3 is 15.4 Å². The van der Waals surface area contributed by atoms with Crippen LogP contribution in [0.25, 0.3) is 0 Å². The Hall–Kier alpha value is -1.93. The van der Waals surface area contributed by atoms with E-state index in [1.54, 1.807) is 0 Å². The smallest absolute Gasteiger partial charge is 0.305 e. The predicted molar refractivity (Wildman–Crippen MR) is 83.6 cm³/mol. The number of esters is 1. The zero-order chi connectivity index (χ0) is 15.8. The normalized spacial score (nSPS) is 9.81. The molecule has 0 aliphatic heterocycles. The van der Waals surface area contributed by atoms with Crippen LogP contribution in [-0.4, -0.2) is 29.7 Å². The minimum atomic E-state index is -0.519. The van der Waals surface area contributed by atoms with Crippen LogP contribution in [0, 0.1) is 10.1 Å². The maximum Gasteiger partial charge on any atom is 0.305 e. The number of methoxy groups -OCH3 is 1. The number of nitrogens with one attached hydrogen (secondary N) is 2. The molecule has 0 unspecified atom stereocenters.